The highest BCUT2D eigenvalue weighted by Gasteiger charge is 2.51. The molecule has 1 aliphatic carbocycles. The van der Waals surface area contributed by atoms with Crippen LogP contribution in [-0.4, -0.2) is 6.85 Å². The molecule has 3 aliphatic heterocycles. The van der Waals surface area contributed by atoms with Crippen molar-refractivity contribution in [1.82, 2.24) is 0 Å². The molecule has 5 aromatic carbocycles. The molecule has 1 N–H and O–H groups in total. The first-order valence-electron chi connectivity index (χ1n) is 18.4. The average molecular weight is 641 g/mol. The fourth-order valence-electron chi connectivity index (χ4n) is 10.2. The number of fused-ring (bicyclic) bond motifs is 10. The van der Waals surface area contributed by atoms with E-state index in [1.165, 1.54) is 104 Å². The van der Waals surface area contributed by atoms with E-state index in [9.17, 15) is 0 Å². The number of hydrogen-bond donors (Lipinski definition) is 1. The molecular weight excluding hydrogens is 595 g/mol. The predicted octanol–water partition coefficient (Wildman–Crippen LogP) is 11.0. The van der Waals surface area contributed by atoms with Crippen molar-refractivity contribution >= 4 is 62.5 Å². The summed E-state index contributed by atoms with van der Waals surface area (Å²) in [6.45, 7) is 17.0. The summed E-state index contributed by atoms with van der Waals surface area (Å²) in [6.07, 6.45) is 5.10. The molecule has 0 saturated heterocycles. The molecule has 1 aromatic heterocycles. The molecule has 2 unspecified atom stereocenters. The van der Waals surface area contributed by atoms with Crippen LogP contribution in [0.15, 0.2) is 89.3 Å². The first-order chi connectivity index (χ1) is 23.5. The predicted molar refractivity (Wildman–Crippen MR) is 208 cm³/mol. The normalized spacial score (nSPS) is 21.6. The first-order valence-corrected chi connectivity index (χ1v) is 18.4. The van der Waals surface area contributed by atoms with Gasteiger partial charge in [-0.1, -0.05) is 128 Å². The van der Waals surface area contributed by atoms with E-state index in [0.29, 0.717) is 5.92 Å². The van der Waals surface area contributed by atoms with Crippen LogP contribution < -0.4 is 21.1 Å². The number of anilines is 4. The van der Waals surface area contributed by atoms with E-state index in [1.807, 2.05) is 0 Å². The zero-order valence-corrected chi connectivity index (χ0v) is 29.9. The van der Waals surface area contributed by atoms with Crippen LogP contribution in [0.3, 0.4) is 0 Å². The van der Waals surface area contributed by atoms with E-state index in [1.54, 1.807) is 0 Å². The van der Waals surface area contributed by atoms with Crippen LogP contribution in [0.4, 0.5) is 22.7 Å². The summed E-state index contributed by atoms with van der Waals surface area (Å²) in [5, 5.41) is 6.59. The Bertz CT molecular complexity index is 2390. The number of nitrogens with one attached hydrogen (secondary N) is 1. The number of hydrogen-bond acceptors (Lipinski definition) is 3. The van der Waals surface area contributed by atoms with Crippen LogP contribution in [0.2, 0.25) is 0 Å². The van der Waals surface area contributed by atoms with E-state index in [2.05, 4.69) is 144 Å². The fraction of sp³-hybridized carbons (Fsp3) is 0.333. The maximum Gasteiger partial charge on any atom is 0.333 e. The zero-order chi connectivity index (χ0) is 33.6. The third-order valence-corrected chi connectivity index (χ3v) is 13.2. The second kappa shape index (κ2) is 9.62. The van der Waals surface area contributed by atoms with Gasteiger partial charge >= 0.3 is 6.85 Å². The molecule has 244 valence electrons. The molecule has 0 spiro atoms. The standard InChI is InChI=1S/C45H45BN2O/c1-26-15-12-13-22-45(26,7)32-23-27(43(2,3)4)24-33-41(32)47-34-25-37-38(28-16-8-11-21-36(28)49-37)39-29-17-14-19-31-42(29)48(46(33)40(34)39)35-20-10-9-18-30(35)44(31,5)6/h8-11,14,16-21,23-26,47H,12-13,15,22H2,1-7H3. The third kappa shape index (κ3) is 3.76. The number of benzene rings is 5. The van der Waals surface area contributed by atoms with Gasteiger partial charge in [0.05, 0.1) is 0 Å². The lowest BCUT2D eigenvalue weighted by Crippen LogP contribution is -2.62. The van der Waals surface area contributed by atoms with Crippen molar-refractivity contribution in [2.75, 3.05) is 10.1 Å². The highest BCUT2D eigenvalue weighted by Crippen LogP contribution is 2.57. The van der Waals surface area contributed by atoms with E-state index < -0.39 is 0 Å². The van der Waals surface area contributed by atoms with E-state index in [4.69, 9.17) is 4.42 Å². The van der Waals surface area contributed by atoms with Crippen molar-refractivity contribution in [3.63, 3.8) is 0 Å². The third-order valence-electron chi connectivity index (χ3n) is 13.2. The van der Waals surface area contributed by atoms with Crippen LogP contribution in [0.5, 0.6) is 0 Å². The Morgan fingerprint density at radius 3 is 2.43 bits per heavy atom. The lowest BCUT2D eigenvalue weighted by Gasteiger charge is -2.51. The summed E-state index contributed by atoms with van der Waals surface area (Å²) in [6, 6.07) is 32.3. The van der Waals surface area contributed by atoms with Gasteiger partial charge in [-0.25, -0.2) is 0 Å². The zero-order valence-electron chi connectivity index (χ0n) is 29.9. The summed E-state index contributed by atoms with van der Waals surface area (Å²) in [4.78, 5) is 2.73. The molecule has 1 fully saturated rings. The topological polar surface area (TPSA) is 28.4 Å². The molecule has 10 rings (SSSR count). The van der Waals surface area contributed by atoms with Crippen molar-refractivity contribution in [2.45, 2.75) is 90.4 Å². The Morgan fingerprint density at radius 1 is 0.837 bits per heavy atom. The average Bonchev–Trinajstić information content (AvgIpc) is 3.46. The van der Waals surface area contributed by atoms with Gasteiger partial charge in [0.2, 0.25) is 0 Å². The molecule has 3 nitrogen and oxygen atoms in total. The Hall–Kier alpha value is -4.44. The minimum atomic E-state index is -0.149. The lowest BCUT2D eigenvalue weighted by molar-refractivity contribution is 0.222. The molecule has 4 aliphatic rings. The van der Waals surface area contributed by atoms with Crippen molar-refractivity contribution in [3.8, 4) is 11.1 Å². The SMILES string of the molecule is CC1CCCCC1(C)c1cc(C(C)(C)C)cc2c1Nc1cc3oc4ccccc4c3c3c1B2N1c2ccccc2C(C)(C)c2cccc-3c21. The summed E-state index contributed by atoms with van der Waals surface area (Å²) < 4.78 is 6.71. The first kappa shape index (κ1) is 29.5. The van der Waals surface area contributed by atoms with E-state index in [0.717, 1.165) is 11.2 Å². The summed E-state index contributed by atoms with van der Waals surface area (Å²) in [5.74, 6) is 0.604. The van der Waals surface area contributed by atoms with Gasteiger partial charge < -0.3 is 14.5 Å². The van der Waals surface area contributed by atoms with Crippen LogP contribution in [0, 0.1) is 5.92 Å². The number of furan rings is 1. The second-order valence-electron chi connectivity index (χ2n) is 17.2. The molecular formula is C45H45BN2O. The summed E-state index contributed by atoms with van der Waals surface area (Å²) >= 11 is 0. The Kier molecular flexibility index (Phi) is 5.79. The largest absolute Gasteiger partial charge is 0.456 e. The maximum absolute atomic E-state index is 6.71. The van der Waals surface area contributed by atoms with Crippen molar-refractivity contribution < 1.29 is 4.42 Å². The van der Waals surface area contributed by atoms with Crippen molar-refractivity contribution in [3.05, 3.63) is 107 Å². The van der Waals surface area contributed by atoms with E-state index in [-0.39, 0.29) is 23.1 Å². The highest BCUT2D eigenvalue weighted by molar-refractivity contribution is 6.94. The van der Waals surface area contributed by atoms with Gasteiger partial charge in [-0.15, -0.1) is 0 Å². The van der Waals surface area contributed by atoms with Gasteiger partial charge in [0, 0.05) is 50.6 Å². The molecule has 4 heterocycles. The Labute approximate surface area is 290 Å². The van der Waals surface area contributed by atoms with Gasteiger partial charge in [-0.3, -0.25) is 0 Å². The lowest BCUT2D eigenvalue weighted by atomic mass is 9.41. The monoisotopic (exact) mass is 640 g/mol. The minimum absolute atomic E-state index is 0.00536. The minimum Gasteiger partial charge on any atom is -0.456 e. The van der Waals surface area contributed by atoms with Gasteiger partial charge in [-0.05, 0) is 80.5 Å². The molecule has 0 bridgehead atoms. The maximum atomic E-state index is 6.71. The Balaban J connectivity index is 1.39. The van der Waals surface area contributed by atoms with Gasteiger partial charge in [-0.2, -0.15) is 0 Å². The van der Waals surface area contributed by atoms with Crippen LogP contribution in [0.1, 0.15) is 96.4 Å². The fourth-order valence-corrected chi connectivity index (χ4v) is 10.2. The Morgan fingerprint density at radius 2 is 1.61 bits per heavy atom. The molecule has 6 aromatic rings. The quantitative estimate of drug-likeness (QED) is 0.181. The molecule has 2 atom stereocenters. The van der Waals surface area contributed by atoms with Crippen LogP contribution >= 0.6 is 0 Å². The van der Waals surface area contributed by atoms with Crippen molar-refractivity contribution in [1.29, 1.82) is 0 Å². The molecule has 1 saturated carbocycles. The van der Waals surface area contributed by atoms with Gasteiger partial charge in [0.1, 0.15) is 11.2 Å². The highest BCUT2D eigenvalue weighted by atomic mass is 16.3. The number of nitrogens with zero attached hydrogens (tertiary/aromatic N) is 1. The molecule has 0 radical (unpaired) electrons. The smallest absolute Gasteiger partial charge is 0.333 e. The molecule has 49 heavy (non-hydrogen) atoms. The van der Waals surface area contributed by atoms with Crippen molar-refractivity contribution in [2.24, 2.45) is 5.92 Å². The molecule has 0 amide bonds. The number of para-hydroxylation sites is 3. The summed E-state index contributed by atoms with van der Waals surface area (Å²) in [7, 11) is 0. The van der Waals surface area contributed by atoms with Crippen LogP contribution in [0.25, 0.3) is 33.1 Å². The summed E-state index contributed by atoms with van der Waals surface area (Å²) in [5.41, 5.74) is 18.1. The molecule has 4 heteroatoms. The van der Waals surface area contributed by atoms with Gasteiger partial charge in [0.25, 0.3) is 0 Å². The van der Waals surface area contributed by atoms with Gasteiger partial charge in [0.15, 0.2) is 0 Å². The second-order valence-corrected chi connectivity index (χ2v) is 17.2. The van der Waals surface area contributed by atoms with Crippen LogP contribution in [-0.2, 0) is 16.2 Å². The van der Waals surface area contributed by atoms with E-state index >= 15 is 0 Å². The number of rotatable bonds is 1.